The lowest BCUT2D eigenvalue weighted by Crippen LogP contribution is -2.38. The van der Waals surface area contributed by atoms with Crippen LogP contribution in [0.25, 0.3) is 0 Å². The van der Waals surface area contributed by atoms with Gasteiger partial charge in [-0.3, -0.25) is 4.90 Å². The molecule has 0 aliphatic carbocycles. The number of hydrogen-bond acceptors (Lipinski definition) is 3. The van der Waals surface area contributed by atoms with Gasteiger partial charge >= 0.3 is 0 Å². The summed E-state index contributed by atoms with van der Waals surface area (Å²) in [4.78, 5) is 7.92. The van der Waals surface area contributed by atoms with Gasteiger partial charge in [0.05, 0.1) is 0 Å². The number of anilines is 1. The third-order valence-corrected chi connectivity index (χ3v) is 6.54. The fraction of sp³-hybridized carbons (Fsp3) is 0.727. The Morgan fingerprint density at radius 1 is 0.840 bits per heavy atom. The summed E-state index contributed by atoms with van der Waals surface area (Å²) in [6.07, 6.45) is 8.33. The Kier molecular flexibility index (Phi) is 5.62. The van der Waals surface area contributed by atoms with Gasteiger partial charge in [-0.05, 0) is 94.7 Å². The molecule has 0 radical (unpaired) electrons. The van der Waals surface area contributed by atoms with Crippen molar-refractivity contribution in [2.45, 2.75) is 52.0 Å². The number of aryl methyl sites for hydroxylation is 1. The summed E-state index contributed by atoms with van der Waals surface area (Å²) < 4.78 is 0. The van der Waals surface area contributed by atoms with Crippen LogP contribution < -0.4 is 4.90 Å². The summed E-state index contributed by atoms with van der Waals surface area (Å²) in [6, 6.07) is 7.20. The van der Waals surface area contributed by atoms with Gasteiger partial charge in [-0.15, -0.1) is 0 Å². The second-order valence-electron chi connectivity index (χ2n) is 8.54. The summed E-state index contributed by atoms with van der Waals surface area (Å²) in [5.74, 6) is 0.920. The molecule has 0 unspecified atom stereocenters. The molecule has 1 aromatic carbocycles. The molecule has 3 heterocycles. The molecule has 3 fully saturated rings. The highest BCUT2D eigenvalue weighted by Crippen LogP contribution is 2.28. The molecule has 0 N–H and O–H groups in total. The average Bonchev–Trinajstić information content (AvgIpc) is 3.30. The zero-order valence-electron chi connectivity index (χ0n) is 16.1. The van der Waals surface area contributed by atoms with E-state index < -0.39 is 0 Å². The Morgan fingerprint density at radius 3 is 2.12 bits per heavy atom. The summed E-state index contributed by atoms with van der Waals surface area (Å²) in [5, 5.41) is 0. The second kappa shape index (κ2) is 8.09. The maximum absolute atomic E-state index is 2.69. The number of likely N-dealkylation sites (tertiary alicyclic amines) is 2. The van der Waals surface area contributed by atoms with Gasteiger partial charge in [-0.25, -0.2) is 0 Å². The molecule has 3 nitrogen and oxygen atoms in total. The van der Waals surface area contributed by atoms with Crippen LogP contribution in [0.1, 0.15) is 49.7 Å². The van der Waals surface area contributed by atoms with Crippen molar-refractivity contribution in [3.05, 3.63) is 29.3 Å². The van der Waals surface area contributed by atoms with E-state index in [0.29, 0.717) is 0 Å². The Bertz CT molecular complexity index is 550. The summed E-state index contributed by atoms with van der Waals surface area (Å²) in [6.45, 7) is 12.5. The predicted molar refractivity (Wildman–Crippen MR) is 106 cm³/mol. The van der Waals surface area contributed by atoms with Crippen LogP contribution >= 0.6 is 0 Å². The van der Waals surface area contributed by atoms with E-state index in [-0.39, 0.29) is 0 Å². The van der Waals surface area contributed by atoms with Crippen LogP contribution in [0.5, 0.6) is 0 Å². The Labute approximate surface area is 154 Å². The lowest BCUT2D eigenvalue weighted by Gasteiger charge is -2.36. The van der Waals surface area contributed by atoms with Gasteiger partial charge in [-0.1, -0.05) is 12.1 Å². The maximum atomic E-state index is 2.69. The van der Waals surface area contributed by atoms with Crippen molar-refractivity contribution in [1.82, 2.24) is 9.80 Å². The molecule has 0 atom stereocenters. The van der Waals surface area contributed by atoms with Crippen molar-refractivity contribution in [3.63, 3.8) is 0 Å². The van der Waals surface area contributed by atoms with Gasteiger partial charge in [0, 0.05) is 31.9 Å². The summed E-state index contributed by atoms with van der Waals surface area (Å²) in [5.41, 5.74) is 4.44. The Morgan fingerprint density at radius 2 is 1.48 bits per heavy atom. The molecule has 25 heavy (non-hydrogen) atoms. The largest absolute Gasteiger partial charge is 0.371 e. The van der Waals surface area contributed by atoms with Crippen LogP contribution in [0.4, 0.5) is 5.69 Å². The number of rotatable bonds is 5. The summed E-state index contributed by atoms with van der Waals surface area (Å²) in [7, 11) is 0. The van der Waals surface area contributed by atoms with E-state index >= 15 is 0 Å². The SMILES string of the molecule is Cc1cc(CN2CCCC2)ccc1N1CCC(CN2CCCC2)CC1. The fourth-order valence-corrected chi connectivity index (χ4v) is 5.06. The van der Waals surface area contributed by atoms with Crippen molar-refractivity contribution in [1.29, 1.82) is 0 Å². The fourth-order valence-electron chi connectivity index (χ4n) is 5.06. The Hall–Kier alpha value is -1.06. The second-order valence-corrected chi connectivity index (χ2v) is 8.54. The van der Waals surface area contributed by atoms with Gasteiger partial charge in [0.1, 0.15) is 0 Å². The standard InChI is InChI=1S/C22H35N3/c1-19-16-21(18-24-12-4-5-13-24)6-7-22(19)25-14-8-20(9-15-25)17-23-10-2-3-11-23/h6-7,16,20H,2-5,8-15,17-18H2,1H3. The Balaban J connectivity index is 1.31. The topological polar surface area (TPSA) is 9.72 Å². The molecular weight excluding hydrogens is 306 g/mol. The molecule has 1 aromatic rings. The van der Waals surface area contributed by atoms with Gasteiger partial charge in [-0.2, -0.15) is 0 Å². The van der Waals surface area contributed by atoms with E-state index in [0.717, 1.165) is 12.5 Å². The molecular formula is C22H35N3. The zero-order chi connectivity index (χ0) is 17.1. The number of piperidine rings is 1. The zero-order valence-corrected chi connectivity index (χ0v) is 16.1. The lowest BCUT2D eigenvalue weighted by molar-refractivity contribution is 0.249. The van der Waals surface area contributed by atoms with E-state index in [1.807, 2.05) is 0 Å². The molecule has 0 bridgehead atoms. The number of hydrogen-bond donors (Lipinski definition) is 0. The van der Waals surface area contributed by atoms with Gasteiger partial charge in [0.25, 0.3) is 0 Å². The molecule has 3 saturated heterocycles. The average molecular weight is 342 g/mol. The van der Waals surface area contributed by atoms with Crippen molar-refractivity contribution in [2.75, 3.05) is 50.7 Å². The van der Waals surface area contributed by atoms with E-state index in [2.05, 4.69) is 39.8 Å². The van der Waals surface area contributed by atoms with Crippen molar-refractivity contribution >= 4 is 5.69 Å². The molecule has 4 rings (SSSR count). The van der Waals surface area contributed by atoms with E-state index in [1.165, 1.54) is 101 Å². The van der Waals surface area contributed by atoms with Crippen LogP contribution in [-0.4, -0.2) is 55.6 Å². The van der Waals surface area contributed by atoms with Gasteiger partial charge in [0.2, 0.25) is 0 Å². The molecule has 0 saturated carbocycles. The van der Waals surface area contributed by atoms with E-state index in [9.17, 15) is 0 Å². The molecule has 3 aliphatic rings. The van der Waals surface area contributed by atoms with Crippen LogP contribution in [0.15, 0.2) is 18.2 Å². The maximum Gasteiger partial charge on any atom is 0.0396 e. The van der Waals surface area contributed by atoms with Gasteiger partial charge < -0.3 is 9.80 Å². The third-order valence-electron chi connectivity index (χ3n) is 6.54. The normalized spacial score (nSPS) is 23.6. The third kappa shape index (κ3) is 4.38. The quantitative estimate of drug-likeness (QED) is 0.804. The molecule has 138 valence electrons. The first kappa shape index (κ1) is 17.4. The van der Waals surface area contributed by atoms with Crippen LogP contribution in [0.3, 0.4) is 0 Å². The van der Waals surface area contributed by atoms with Crippen molar-refractivity contribution in [3.8, 4) is 0 Å². The molecule has 0 amide bonds. The monoisotopic (exact) mass is 341 g/mol. The smallest absolute Gasteiger partial charge is 0.0396 e. The number of nitrogens with zero attached hydrogens (tertiary/aromatic N) is 3. The first-order valence-corrected chi connectivity index (χ1v) is 10.6. The number of benzene rings is 1. The molecule has 3 heteroatoms. The first-order chi connectivity index (χ1) is 12.3. The summed E-state index contributed by atoms with van der Waals surface area (Å²) >= 11 is 0. The van der Waals surface area contributed by atoms with Crippen molar-refractivity contribution in [2.24, 2.45) is 5.92 Å². The van der Waals surface area contributed by atoms with Crippen LogP contribution in [-0.2, 0) is 6.54 Å². The molecule has 0 aromatic heterocycles. The molecule has 0 spiro atoms. The minimum absolute atomic E-state index is 0.920. The van der Waals surface area contributed by atoms with E-state index in [4.69, 9.17) is 0 Å². The lowest BCUT2D eigenvalue weighted by atomic mass is 9.95. The predicted octanol–water partition coefficient (Wildman–Crippen LogP) is 3.90. The van der Waals surface area contributed by atoms with E-state index in [1.54, 1.807) is 0 Å². The minimum atomic E-state index is 0.920. The minimum Gasteiger partial charge on any atom is -0.371 e. The van der Waals surface area contributed by atoms with Crippen molar-refractivity contribution < 1.29 is 0 Å². The highest BCUT2D eigenvalue weighted by Gasteiger charge is 2.23. The first-order valence-electron chi connectivity index (χ1n) is 10.6. The highest BCUT2D eigenvalue weighted by molar-refractivity contribution is 5.54. The highest BCUT2D eigenvalue weighted by atomic mass is 15.2. The van der Waals surface area contributed by atoms with Crippen LogP contribution in [0.2, 0.25) is 0 Å². The molecule has 3 aliphatic heterocycles. The van der Waals surface area contributed by atoms with Gasteiger partial charge in [0.15, 0.2) is 0 Å². The van der Waals surface area contributed by atoms with Crippen LogP contribution in [0, 0.1) is 12.8 Å².